The molecule has 0 saturated carbocycles. The van der Waals surface area contributed by atoms with Crippen LogP contribution in [0.2, 0.25) is 0 Å². The summed E-state index contributed by atoms with van der Waals surface area (Å²) in [6.45, 7) is 0. The molecular weight excluding hydrogens is 302 g/mol. The lowest BCUT2D eigenvalue weighted by molar-refractivity contribution is 0.703. The van der Waals surface area contributed by atoms with Gasteiger partial charge in [-0.15, -0.1) is 0 Å². The SMILES string of the molecule is c1ccc(C2=C(N(c3ccccc3)c3ccccc3)CCCC2)cc1. The average Bonchev–Trinajstić information content (AvgIpc) is 2.71. The van der Waals surface area contributed by atoms with E-state index in [1.807, 2.05) is 0 Å². The first-order valence-corrected chi connectivity index (χ1v) is 9.11. The van der Waals surface area contributed by atoms with E-state index in [-0.39, 0.29) is 0 Å². The van der Waals surface area contributed by atoms with Gasteiger partial charge in [-0.25, -0.2) is 0 Å². The number of rotatable bonds is 4. The van der Waals surface area contributed by atoms with Crippen LogP contribution in [0.15, 0.2) is 96.7 Å². The van der Waals surface area contributed by atoms with Gasteiger partial charge in [-0.05, 0) is 61.1 Å². The quantitative estimate of drug-likeness (QED) is 0.509. The largest absolute Gasteiger partial charge is 0.314 e. The van der Waals surface area contributed by atoms with E-state index in [2.05, 4.69) is 95.9 Å². The van der Waals surface area contributed by atoms with E-state index in [9.17, 15) is 0 Å². The molecule has 3 aromatic rings. The zero-order chi connectivity index (χ0) is 16.9. The molecule has 4 rings (SSSR count). The zero-order valence-electron chi connectivity index (χ0n) is 14.4. The van der Waals surface area contributed by atoms with Crippen molar-refractivity contribution in [1.29, 1.82) is 0 Å². The lowest BCUT2D eigenvalue weighted by Crippen LogP contribution is -2.20. The van der Waals surface area contributed by atoms with Gasteiger partial charge >= 0.3 is 0 Å². The normalized spacial score (nSPS) is 14.4. The Morgan fingerprint density at radius 2 is 1.00 bits per heavy atom. The zero-order valence-corrected chi connectivity index (χ0v) is 14.4. The number of allylic oxidation sites excluding steroid dienone is 2. The summed E-state index contributed by atoms with van der Waals surface area (Å²) in [6.07, 6.45) is 4.79. The van der Waals surface area contributed by atoms with Crippen LogP contribution in [0.3, 0.4) is 0 Å². The third-order valence-electron chi connectivity index (χ3n) is 4.86. The molecule has 1 heteroatoms. The van der Waals surface area contributed by atoms with E-state index in [1.165, 1.54) is 41.1 Å². The predicted molar refractivity (Wildman–Crippen MR) is 107 cm³/mol. The molecule has 1 aliphatic carbocycles. The average molecular weight is 325 g/mol. The van der Waals surface area contributed by atoms with Gasteiger partial charge in [0.05, 0.1) is 0 Å². The van der Waals surface area contributed by atoms with Crippen molar-refractivity contribution < 1.29 is 0 Å². The van der Waals surface area contributed by atoms with E-state index < -0.39 is 0 Å². The second-order valence-corrected chi connectivity index (χ2v) is 6.50. The molecule has 0 saturated heterocycles. The number of anilines is 2. The van der Waals surface area contributed by atoms with Crippen LogP contribution in [0.4, 0.5) is 11.4 Å². The fourth-order valence-corrected chi connectivity index (χ4v) is 3.70. The maximum absolute atomic E-state index is 2.45. The molecule has 0 radical (unpaired) electrons. The highest BCUT2D eigenvalue weighted by Crippen LogP contribution is 2.40. The van der Waals surface area contributed by atoms with Gasteiger partial charge in [0.2, 0.25) is 0 Å². The fourth-order valence-electron chi connectivity index (χ4n) is 3.70. The van der Waals surface area contributed by atoms with Gasteiger partial charge in [0.25, 0.3) is 0 Å². The Balaban J connectivity index is 1.89. The second kappa shape index (κ2) is 7.40. The Kier molecular flexibility index (Phi) is 4.65. The van der Waals surface area contributed by atoms with Gasteiger partial charge < -0.3 is 4.90 Å². The number of nitrogens with zero attached hydrogens (tertiary/aromatic N) is 1. The predicted octanol–water partition coefficient (Wildman–Crippen LogP) is 6.81. The molecule has 0 atom stereocenters. The van der Waals surface area contributed by atoms with Crippen molar-refractivity contribution in [2.45, 2.75) is 25.7 Å². The summed E-state index contributed by atoms with van der Waals surface area (Å²) in [7, 11) is 0. The molecule has 0 unspecified atom stereocenters. The van der Waals surface area contributed by atoms with E-state index in [4.69, 9.17) is 0 Å². The molecule has 0 heterocycles. The van der Waals surface area contributed by atoms with E-state index >= 15 is 0 Å². The lowest BCUT2D eigenvalue weighted by Gasteiger charge is -2.33. The van der Waals surface area contributed by atoms with Crippen molar-refractivity contribution in [1.82, 2.24) is 0 Å². The molecule has 3 aromatic carbocycles. The maximum Gasteiger partial charge on any atom is 0.0458 e. The first kappa shape index (κ1) is 15.7. The standard InChI is InChI=1S/C24H23N/c1-4-12-20(13-5-1)23-18-10-11-19-24(23)25(21-14-6-2-7-15-21)22-16-8-3-9-17-22/h1-9,12-17H,10-11,18-19H2. The minimum Gasteiger partial charge on any atom is -0.314 e. The molecule has 1 nitrogen and oxygen atoms in total. The Bertz CT molecular complexity index is 796. The first-order chi connectivity index (χ1) is 12.4. The molecular formula is C24H23N. The summed E-state index contributed by atoms with van der Waals surface area (Å²) < 4.78 is 0. The van der Waals surface area contributed by atoms with Crippen LogP contribution >= 0.6 is 0 Å². The molecule has 0 bridgehead atoms. The number of hydrogen-bond donors (Lipinski definition) is 0. The molecule has 0 amide bonds. The van der Waals surface area contributed by atoms with Crippen LogP contribution in [-0.2, 0) is 0 Å². The number of para-hydroxylation sites is 2. The summed E-state index contributed by atoms with van der Waals surface area (Å²) in [4.78, 5) is 2.45. The Hall–Kier alpha value is -2.80. The van der Waals surface area contributed by atoms with Crippen molar-refractivity contribution in [3.63, 3.8) is 0 Å². The van der Waals surface area contributed by atoms with E-state index in [0.29, 0.717) is 0 Å². The fraction of sp³-hybridized carbons (Fsp3) is 0.167. The summed E-state index contributed by atoms with van der Waals surface area (Å²) in [5.74, 6) is 0. The van der Waals surface area contributed by atoms with Crippen LogP contribution in [0.25, 0.3) is 5.57 Å². The third-order valence-corrected chi connectivity index (χ3v) is 4.86. The number of hydrogen-bond acceptors (Lipinski definition) is 1. The van der Waals surface area contributed by atoms with Crippen molar-refractivity contribution in [2.75, 3.05) is 4.90 Å². The van der Waals surface area contributed by atoms with E-state index in [0.717, 1.165) is 12.8 Å². The highest BCUT2D eigenvalue weighted by atomic mass is 15.1. The molecule has 0 spiro atoms. The second-order valence-electron chi connectivity index (χ2n) is 6.50. The molecule has 124 valence electrons. The Morgan fingerprint density at radius 1 is 0.520 bits per heavy atom. The lowest BCUT2D eigenvalue weighted by atomic mass is 9.89. The van der Waals surface area contributed by atoms with Crippen molar-refractivity contribution in [2.24, 2.45) is 0 Å². The molecule has 0 N–H and O–H groups in total. The Morgan fingerprint density at radius 3 is 1.56 bits per heavy atom. The van der Waals surface area contributed by atoms with Crippen LogP contribution in [0, 0.1) is 0 Å². The van der Waals surface area contributed by atoms with Gasteiger partial charge in [0.15, 0.2) is 0 Å². The molecule has 0 aliphatic heterocycles. The first-order valence-electron chi connectivity index (χ1n) is 9.11. The number of benzene rings is 3. The molecule has 25 heavy (non-hydrogen) atoms. The maximum atomic E-state index is 2.45. The highest BCUT2D eigenvalue weighted by molar-refractivity contribution is 5.79. The van der Waals surface area contributed by atoms with Gasteiger partial charge in [0.1, 0.15) is 0 Å². The smallest absolute Gasteiger partial charge is 0.0458 e. The van der Waals surface area contributed by atoms with Crippen LogP contribution < -0.4 is 4.90 Å². The monoisotopic (exact) mass is 325 g/mol. The van der Waals surface area contributed by atoms with Gasteiger partial charge in [-0.3, -0.25) is 0 Å². The molecule has 1 aliphatic rings. The molecule has 0 fully saturated rings. The van der Waals surface area contributed by atoms with Crippen LogP contribution in [0.5, 0.6) is 0 Å². The summed E-state index contributed by atoms with van der Waals surface area (Å²) in [5.41, 5.74) is 6.75. The minimum absolute atomic E-state index is 1.12. The van der Waals surface area contributed by atoms with Gasteiger partial charge in [0, 0.05) is 17.1 Å². The summed E-state index contributed by atoms with van der Waals surface area (Å²) in [6, 6.07) is 32.3. The van der Waals surface area contributed by atoms with Gasteiger partial charge in [-0.2, -0.15) is 0 Å². The van der Waals surface area contributed by atoms with Crippen LogP contribution in [-0.4, -0.2) is 0 Å². The van der Waals surface area contributed by atoms with Crippen molar-refractivity contribution in [3.8, 4) is 0 Å². The van der Waals surface area contributed by atoms with Crippen LogP contribution in [0.1, 0.15) is 31.2 Å². The Labute approximate surface area is 150 Å². The minimum atomic E-state index is 1.12. The van der Waals surface area contributed by atoms with E-state index in [1.54, 1.807) is 0 Å². The van der Waals surface area contributed by atoms with Crippen molar-refractivity contribution in [3.05, 3.63) is 102 Å². The third kappa shape index (κ3) is 3.36. The van der Waals surface area contributed by atoms with Crippen molar-refractivity contribution >= 4 is 16.9 Å². The topological polar surface area (TPSA) is 3.24 Å². The van der Waals surface area contributed by atoms with Gasteiger partial charge in [-0.1, -0.05) is 66.7 Å². The molecule has 0 aromatic heterocycles. The summed E-state index contributed by atoms with van der Waals surface area (Å²) >= 11 is 0. The summed E-state index contributed by atoms with van der Waals surface area (Å²) in [5, 5.41) is 0. The highest BCUT2D eigenvalue weighted by Gasteiger charge is 2.22.